The molecule has 0 saturated carbocycles. The maximum absolute atomic E-state index is 9.51. The molecule has 0 unspecified atom stereocenters. The van der Waals surface area contributed by atoms with Crippen molar-refractivity contribution >= 4 is 11.1 Å². The van der Waals surface area contributed by atoms with Crippen molar-refractivity contribution in [1.29, 1.82) is 0 Å². The molecule has 0 aliphatic heterocycles. The summed E-state index contributed by atoms with van der Waals surface area (Å²) in [4.78, 5) is 4.37. The summed E-state index contributed by atoms with van der Waals surface area (Å²) in [6.45, 7) is 3.98. The van der Waals surface area contributed by atoms with Crippen molar-refractivity contribution in [3.8, 4) is 5.75 Å². The second-order valence-corrected chi connectivity index (χ2v) is 3.77. The first kappa shape index (κ1) is 10.0. The van der Waals surface area contributed by atoms with Gasteiger partial charge >= 0.3 is 0 Å². The Labute approximate surface area is 88.7 Å². The van der Waals surface area contributed by atoms with Gasteiger partial charge in [0, 0.05) is 12.0 Å². The van der Waals surface area contributed by atoms with Crippen LogP contribution in [0.3, 0.4) is 0 Å². The standard InChI is InChI=1S/C12H15NO2/c1-3-4-5-11-13-9-6-7-10(14)8(2)12(9)15-11/h6-7,14H,3-5H2,1-2H3. The molecule has 1 N–H and O–H groups in total. The lowest BCUT2D eigenvalue weighted by molar-refractivity contribution is 0.467. The lowest BCUT2D eigenvalue weighted by atomic mass is 10.2. The predicted octanol–water partition coefficient (Wildman–Crippen LogP) is 3.18. The van der Waals surface area contributed by atoms with Crippen LogP contribution in [0.2, 0.25) is 0 Å². The van der Waals surface area contributed by atoms with E-state index in [1.807, 2.05) is 6.92 Å². The van der Waals surface area contributed by atoms with E-state index in [1.165, 1.54) is 0 Å². The molecule has 0 amide bonds. The number of hydrogen-bond donors (Lipinski definition) is 1. The van der Waals surface area contributed by atoms with E-state index in [9.17, 15) is 5.11 Å². The number of phenolic OH excluding ortho intramolecular Hbond substituents is 1. The lowest BCUT2D eigenvalue weighted by Crippen LogP contribution is -1.82. The van der Waals surface area contributed by atoms with Gasteiger partial charge in [0.05, 0.1) is 0 Å². The van der Waals surface area contributed by atoms with Crippen LogP contribution >= 0.6 is 0 Å². The molecular weight excluding hydrogens is 190 g/mol. The maximum atomic E-state index is 9.51. The third kappa shape index (κ3) is 1.82. The van der Waals surface area contributed by atoms with Gasteiger partial charge in [-0.3, -0.25) is 0 Å². The minimum Gasteiger partial charge on any atom is -0.508 e. The van der Waals surface area contributed by atoms with E-state index in [0.29, 0.717) is 5.58 Å². The Morgan fingerprint density at radius 3 is 2.93 bits per heavy atom. The third-order valence-corrected chi connectivity index (χ3v) is 2.57. The van der Waals surface area contributed by atoms with E-state index in [2.05, 4.69) is 11.9 Å². The van der Waals surface area contributed by atoms with Gasteiger partial charge in [0.25, 0.3) is 0 Å². The number of oxazole rings is 1. The Hall–Kier alpha value is -1.51. The van der Waals surface area contributed by atoms with E-state index in [4.69, 9.17) is 4.42 Å². The van der Waals surface area contributed by atoms with Crippen molar-refractivity contribution in [3.05, 3.63) is 23.6 Å². The van der Waals surface area contributed by atoms with Gasteiger partial charge in [-0.1, -0.05) is 13.3 Å². The molecule has 0 atom stereocenters. The molecule has 80 valence electrons. The van der Waals surface area contributed by atoms with Crippen molar-refractivity contribution < 1.29 is 9.52 Å². The number of aromatic nitrogens is 1. The quantitative estimate of drug-likeness (QED) is 0.837. The largest absolute Gasteiger partial charge is 0.508 e. The van der Waals surface area contributed by atoms with E-state index in [0.717, 1.165) is 36.2 Å². The number of nitrogens with zero attached hydrogens (tertiary/aromatic N) is 1. The summed E-state index contributed by atoms with van der Waals surface area (Å²) >= 11 is 0. The molecule has 0 saturated heterocycles. The summed E-state index contributed by atoms with van der Waals surface area (Å²) in [5.41, 5.74) is 2.31. The zero-order chi connectivity index (χ0) is 10.8. The second kappa shape index (κ2) is 3.93. The van der Waals surface area contributed by atoms with Gasteiger partial charge in [-0.05, 0) is 25.5 Å². The number of aromatic hydroxyl groups is 1. The topological polar surface area (TPSA) is 46.3 Å². The number of phenols is 1. The van der Waals surface area contributed by atoms with Gasteiger partial charge in [0.1, 0.15) is 11.3 Å². The van der Waals surface area contributed by atoms with Crippen molar-refractivity contribution in [1.82, 2.24) is 4.98 Å². The summed E-state index contributed by atoms with van der Waals surface area (Å²) in [7, 11) is 0. The van der Waals surface area contributed by atoms with Gasteiger partial charge < -0.3 is 9.52 Å². The van der Waals surface area contributed by atoms with E-state index in [1.54, 1.807) is 12.1 Å². The highest BCUT2D eigenvalue weighted by Crippen LogP contribution is 2.27. The first-order valence-corrected chi connectivity index (χ1v) is 5.30. The average molecular weight is 205 g/mol. The molecule has 15 heavy (non-hydrogen) atoms. The van der Waals surface area contributed by atoms with Crippen LogP contribution in [0.4, 0.5) is 0 Å². The van der Waals surface area contributed by atoms with Crippen LogP contribution in [0.25, 0.3) is 11.1 Å². The van der Waals surface area contributed by atoms with Gasteiger partial charge in [0.2, 0.25) is 0 Å². The first-order chi connectivity index (χ1) is 7.22. The number of benzene rings is 1. The van der Waals surface area contributed by atoms with Crippen LogP contribution in [0.5, 0.6) is 5.75 Å². The average Bonchev–Trinajstić information content (AvgIpc) is 2.64. The molecule has 3 nitrogen and oxygen atoms in total. The normalized spacial score (nSPS) is 11.1. The van der Waals surface area contributed by atoms with Gasteiger partial charge in [-0.25, -0.2) is 4.98 Å². The van der Waals surface area contributed by atoms with E-state index >= 15 is 0 Å². The number of fused-ring (bicyclic) bond motifs is 1. The van der Waals surface area contributed by atoms with E-state index < -0.39 is 0 Å². The van der Waals surface area contributed by atoms with Crippen LogP contribution in [-0.4, -0.2) is 10.1 Å². The molecule has 1 aromatic heterocycles. The molecule has 0 radical (unpaired) electrons. The summed E-state index contributed by atoms with van der Waals surface area (Å²) in [6.07, 6.45) is 3.08. The zero-order valence-corrected chi connectivity index (χ0v) is 9.08. The highest BCUT2D eigenvalue weighted by Gasteiger charge is 2.09. The highest BCUT2D eigenvalue weighted by molar-refractivity contribution is 5.78. The van der Waals surface area contributed by atoms with Gasteiger partial charge in [-0.15, -0.1) is 0 Å². The smallest absolute Gasteiger partial charge is 0.195 e. The Kier molecular flexibility index (Phi) is 2.62. The molecular formula is C12H15NO2. The lowest BCUT2D eigenvalue weighted by Gasteiger charge is -1.96. The molecule has 0 spiro atoms. The van der Waals surface area contributed by atoms with E-state index in [-0.39, 0.29) is 5.75 Å². The van der Waals surface area contributed by atoms with Gasteiger partial charge in [-0.2, -0.15) is 0 Å². The van der Waals surface area contributed by atoms with Gasteiger partial charge in [0.15, 0.2) is 11.5 Å². The monoisotopic (exact) mass is 205 g/mol. The zero-order valence-electron chi connectivity index (χ0n) is 9.08. The molecule has 0 aliphatic carbocycles. The van der Waals surface area contributed by atoms with Crippen molar-refractivity contribution in [2.45, 2.75) is 33.1 Å². The van der Waals surface area contributed by atoms with Crippen LogP contribution in [0, 0.1) is 6.92 Å². The summed E-state index contributed by atoms with van der Waals surface area (Å²) in [6, 6.07) is 3.44. The minimum absolute atomic E-state index is 0.265. The summed E-state index contributed by atoms with van der Waals surface area (Å²) in [5.74, 6) is 1.03. The Balaban J connectivity index is 2.42. The van der Waals surface area contributed by atoms with Crippen molar-refractivity contribution in [2.24, 2.45) is 0 Å². The fraction of sp³-hybridized carbons (Fsp3) is 0.417. The molecule has 2 rings (SSSR count). The Morgan fingerprint density at radius 1 is 1.40 bits per heavy atom. The second-order valence-electron chi connectivity index (χ2n) is 3.77. The number of rotatable bonds is 3. The van der Waals surface area contributed by atoms with Crippen LogP contribution < -0.4 is 0 Å². The minimum atomic E-state index is 0.265. The first-order valence-electron chi connectivity index (χ1n) is 5.30. The third-order valence-electron chi connectivity index (χ3n) is 2.57. The summed E-state index contributed by atoms with van der Waals surface area (Å²) < 4.78 is 5.61. The Bertz CT molecular complexity index is 474. The fourth-order valence-electron chi connectivity index (χ4n) is 1.59. The predicted molar refractivity (Wildman–Crippen MR) is 59.0 cm³/mol. The number of hydrogen-bond acceptors (Lipinski definition) is 3. The molecule has 1 heterocycles. The molecule has 1 aromatic carbocycles. The van der Waals surface area contributed by atoms with Crippen molar-refractivity contribution in [2.75, 3.05) is 0 Å². The molecule has 0 bridgehead atoms. The highest BCUT2D eigenvalue weighted by atomic mass is 16.3. The van der Waals surface area contributed by atoms with Crippen LogP contribution in [0.1, 0.15) is 31.2 Å². The molecule has 2 aromatic rings. The number of unbranched alkanes of at least 4 members (excludes halogenated alkanes) is 1. The molecule has 0 fully saturated rings. The fourth-order valence-corrected chi connectivity index (χ4v) is 1.59. The van der Waals surface area contributed by atoms with Crippen molar-refractivity contribution in [3.63, 3.8) is 0 Å². The SMILES string of the molecule is CCCCc1nc2ccc(O)c(C)c2o1. The molecule has 0 aliphatic rings. The maximum Gasteiger partial charge on any atom is 0.195 e. The summed E-state index contributed by atoms with van der Waals surface area (Å²) in [5, 5.41) is 9.51. The van der Waals surface area contributed by atoms with Crippen LogP contribution in [-0.2, 0) is 6.42 Å². The number of aryl methyl sites for hydroxylation is 2. The van der Waals surface area contributed by atoms with Crippen LogP contribution in [0.15, 0.2) is 16.5 Å². The Morgan fingerprint density at radius 2 is 2.20 bits per heavy atom. The molecule has 3 heteroatoms.